The molecule has 0 fully saturated rings. The van der Waals surface area contributed by atoms with Gasteiger partial charge in [-0.3, -0.25) is 4.98 Å². The molecule has 0 amide bonds. The molecule has 3 rings (SSSR count). The molecule has 2 aromatic carbocycles. The van der Waals surface area contributed by atoms with Crippen LogP contribution in [0.5, 0.6) is 5.75 Å². The highest BCUT2D eigenvalue weighted by atomic mass is 79.9. The van der Waals surface area contributed by atoms with E-state index in [2.05, 4.69) is 20.9 Å². The van der Waals surface area contributed by atoms with Crippen molar-refractivity contribution < 1.29 is 4.74 Å². The summed E-state index contributed by atoms with van der Waals surface area (Å²) in [6, 6.07) is 15.6. The average Bonchev–Trinajstić information content (AvgIpc) is 2.49. The van der Waals surface area contributed by atoms with Crippen LogP contribution in [0.1, 0.15) is 5.56 Å². The lowest BCUT2D eigenvalue weighted by atomic mass is 10.2. The zero-order chi connectivity index (χ0) is 13.9. The number of anilines is 1. The third-order valence-corrected chi connectivity index (χ3v) is 4.05. The Morgan fingerprint density at radius 3 is 2.75 bits per heavy atom. The Labute approximate surface area is 125 Å². The van der Waals surface area contributed by atoms with E-state index in [-0.39, 0.29) is 0 Å². The van der Waals surface area contributed by atoms with Crippen molar-refractivity contribution in [2.45, 2.75) is 6.61 Å². The van der Waals surface area contributed by atoms with Crippen molar-refractivity contribution in [2.24, 2.45) is 0 Å². The molecule has 0 spiro atoms. The molecule has 0 aliphatic rings. The Morgan fingerprint density at radius 2 is 1.85 bits per heavy atom. The quantitative estimate of drug-likeness (QED) is 0.734. The maximum atomic E-state index is 5.89. The minimum atomic E-state index is 0.446. The van der Waals surface area contributed by atoms with Crippen molar-refractivity contribution in [1.29, 1.82) is 0 Å². The van der Waals surface area contributed by atoms with Gasteiger partial charge in [-0.2, -0.15) is 0 Å². The van der Waals surface area contributed by atoms with Crippen LogP contribution in [0.3, 0.4) is 0 Å². The maximum absolute atomic E-state index is 5.89. The van der Waals surface area contributed by atoms with E-state index in [0.717, 1.165) is 26.7 Å². The third-order valence-electron chi connectivity index (χ3n) is 3.09. The SMILES string of the molecule is Nc1cccc(COc2cccc3cccnc23)c1Br. The van der Waals surface area contributed by atoms with E-state index in [1.807, 2.05) is 48.5 Å². The highest BCUT2D eigenvalue weighted by Gasteiger charge is 2.06. The molecular weight excluding hydrogens is 316 g/mol. The number of nitrogens with zero attached hydrogens (tertiary/aromatic N) is 1. The Bertz CT molecular complexity index is 753. The van der Waals surface area contributed by atoms with Gasteiger partial charge in [-0.05, 0) is 34.1 Å². The first-order chi connectivity index (χ1) is 9.75. The number of para-hydroxylation sites is 1. The van der Waals surface area contributed by atoms with Gasteiger partial charge >= 0.3 is 0 Å². The van der Waals surface area contributed by atoms with Gasteiger partial charge < -0.3 is 10.5 Å². The molecule has 0 bridgehead atoms. The number of nitrogen functional groups attached to an aromatic ring is 1. The molecule has 0 unspecified atom stereocenters. The minimum Gasteiger partial charge on any atom is -0.487 e. The summed E-state index contributed by atoms with van der Waals surface area (Å²) in [4.78, 5) is 4.37. The molecule has 0 aliphatic carbocycles. The van der Waals surface area contributed by atoms with Gasteiger partial charge in [0, 0.05) is 27.3 Å². The molecule has 1 aromatic heterocycles. The summed E-state index contributed by atoms with van der Waals surface area (Å²) in [5.41, 5.74) is 8.46. The summed E-state index contributed by atoms with van der Waals surface area (Å²) in [5.74, 6) is 0.775. The zero-order valence-electron chi connectivity index (χ0n) is 10.7. The topological polar surface area (TPSA) is 48.1 Å². The first-order valence-corrected chi connectivity index (χ1v) is 7.04. The maximum Gasteiger partial charge on any atom is 0.146 e. The lowest BCUT2D eigenvalue weighted by Gasteiger charge is -2.10. The first-order valence-electron chi connectivity index (χ1n) is 6.25. The molecule has 2 N–H and O–H groups in total. The van der Waals surface area contributed by atoms with E-state index in [0.29, 0.717) is 12.3 Å². The van der Waals surface area contributed by atoms with Crippen LogP contribution in [-0.2, 0) is 6.61 Å². The fraction of sp³-hybridized carbons (Fsp3) is 0.0625. The molecule has 0 saturated carbocycles. The number of benzene rings is 2. The van der Waals surface area contributed by atoms with Gasteiger partial charge in [0.1, 0.15) is 17.9 Å². The van der Waals surface area contributed by atoms with Crippen LogP contribution in [0.15, 0.2) is 59.2 Å². The predicted molar refractivity (Wildman–Crippen MR) is 84.6 cm³/mol. The highest BCUT2D eigenvalue weighted by Crippen LogP contribution is 2.27. The van der Waals surface area contributed by atoms with E-state index in [1.54, 1.807) is 6.20 Å². The van der Waals surface area contributed by atoms with Crippen LogP contribution in [0.4, 0.5) is 5.69 Å². The summed E-state index contributed by atoms with van der Waals surface area (Å²) in [6.45, 7) is 0.446. The largest absolute Gasteiger partial charge is 0.487 e. The number of aromatic nitrogens is 1. The molecule has 0 saturated heterocycles. The Balaban J connectivity index is 1.89. The van der Waals surface area contributed by atoms with Crippen molar-refractivity contribution >= 4 is 32.5 Å². The third kappa shape index (κ3) is 2.47. The zero-order valence-corrected chi connectivity index (χ0v) is 12.3. The monoisotopic (exact) mass is 328 g/mol. The van der Waals surface area contributed by atoms with E-state index >= 15 is 0 Å². The fourth-order valence-electron chi connectivity index (χ4n) is 2.06. The number of hydrogen-bond donors (Lipinski definition) is 1. The van der Waals surface area contributed by atoms with Crippen molar-refractivity contribution in [2.75, 3.05) is 5.73 Å². The highest BCUT2D eigenvalue weighted by molar-refractivity contribution is 9.10. The van der Waals surface area contributed by atoms with Gasteiger partial charge in [-0.1, -0.05) is 30.3 Å². The number of nitrogens with two attached hydrogens (primary N) is 1. The van der Waals surface area contributed by atoms with Crippen LogP contribution in [0.2, 0.25) is 0 Å². The molecule has 3 aromatic rings. The fourth-order valence-corrected chi connectivity index (χ4v) is 2.44. The van der Waals surface area contributed by atoms with E-state index < -0.39 is 0 Å². The van der Waals surface area contributed by atoms with Crippen LogP contribution in [0, 0.1) is 0 Å². The van der Waals surface area contributed by atoms with Gasteiger partial charge in [0.25, 0.3) is 0 Å². The molecule has 0 atom stereocenters. The lowest BCUT2D eigenvalue weighted by molar-refractivity contribution is 0.309. The molecule has 0 radical (unpaired) electrons. The smallest absolute Gasteiger partial charge is 0.146 e. The molecule has 3 nitrogen and oxygen atoms in total. The Hall–Kier alpha value is -2.07. The lowest BCUT2D eigenvalue weighted by Crippen LogP contribution is -1.99. The van der Waals surface area contributed by atoms with Gasteiger partial charge in [0.15, 0.2) is 0 Å². The summed E-state index contributed by atoms with van der Waals surface area (Å²) >= 11 is 3.48. The number of halogens is 1. The standard InChI is InChI=1S/C16H13BrN2O/c17-15-12(5-1-7-13(15)18)10-20-14-8-2-4-11-6-3-9-19-16(11)14/h1-9H,10,18H2. The Kier molecular flexibility index (Phi) is 3.56. The molecule has 20 heavy (non-hydrogen) atoms. The summed E-state index contributed by atoms with van der Waals surface area (Å²) < 4.78 is 6.78. The number of hydrogen-bond acceptors (Lipinski definition) is 3. The second kappa shape index (κ2) is 5.51. The van der Waals surface area contributed by atoms with E-state index in [4.69, 9.17) is 10.5 Å². The van der Waals surface area contributed by atoms with Crippen LogP contribution < -0.4 is 10.5 Å². The number of rotatable bonds is 3. The van der Waals surface area contributed by atoms with E-state index in [9.17, 15) is 0 Å². The second-order valence-electron chi connectivity index (χ2n) is 4.44. The van der Waals surface area contributed by atoms with Crippen molar-refractivity contribution in [3.8, 4) is 5.75 Å². The van der Waals surface area contributed by atoms with Crippen molar-refractivity contribution in [1.82, 2.24) is 4.98 Å². The van der Waals surface area contributed by atoms with Crippen molar-refractivity contribution in [3.05, 3.63) is 64.8 Å². The Morgan fingerprint density at radius 1 is 1.05 bits per heavy atom. The van der Waals surface area contributed by atoms with Gasteiger partial charge in [0.2, 0.25) is 0 Å². The minimum absolute atomic E-state index is 0.446. The van der Waals surface area contributed by atoms with Gasteiger partial charge in [0.05, 0.1) is 0 Å². The first kappa shape index (κ1) is 12.9. The predicted octanol–water partition coefficient (Wildman–Crippen LogP) is 4.16. The molecule has 0 aliphatic heterocycles. The molecule has 100 valence electrons. The molecule has 4 heteroatoms. The van der Waals surface area contributed by atoms with Crippen LogP contribution in [-0.4, -0.2) is 4.98 Å². The van der Waals surface area contributed by atoms with Gasteiger partial charge in [-0.15, -0.1) is 0 Å². The number of pyridine rings is 1. The van der Waals surface area contributed by atoms with Crippen molar-refractivity contribution in [3.63, 3.8) is 0 Å². The average molecular weight is 329 g/mol. The van der Waals surface area contributed by atoms with Gasteiger partial charge in [-0.25, -0.2) is 0 Å². The van der Waals surface area contributed by atoms with Crippen LogP contribution >= 0.6 is 15.9 Å². The summed E-state index contributed by atoms with van der Waals surface area (Å²) in [6.07, 6.45) is 1.77. The van der Waals surface area contributed by atoms with E-state index in [1.165, 1.54) is 0 Å². The normalized spacial score (nSPS) is 10.7. The summed E-state index contributed by atoms with van der Waals surface area (Å²) in [7, 11) is 0. The number of fused-ring (bicyclic) bond motifs is 1. The molecule has 1 heterocycles. The molecular formula is C16H13BrN2O. The second-order valence-corrected chi connectivity index (χ2v) is 5.23. The van der Waals surface area contributed by atoms with Crippen LogP contribution in [0.25, 0.3) is 10.9 Å². The number of ether oxygens (including phenoxy) is 1. The summed E-state index contributed by atoms with van der Waals surface area (Å²) in [5, 5.41) is 1.07.